The predicted molar refractivity (Wildman–Crippen MR) is 33.7 cm³/mol. The minimum Gasteiger partial charge on any atom is -0.512 e. The molecule has 0 unspecified atom stereocenters. The van der Waals surface area contributed by atoms with E-state index >= 15 is 0 Å². The molecule has 0 bridgehead atoms. The van der Waals surface area contributed by atoms with Crippen LogP contribution in [0.4, 0.5) is 0 Å². The summed E-state index contributed by atoms with van der Waals surface area (Å²) >= 11 is 0. The van der Waals surface area contributed by atoms with E-state index in [0.717, 1.165) is 0 Å². The van der Waals surface area contributed by atoms with Gasteiger partial charge in [0.25, 0.3) is 0 Å². The van der Waals surface area contributed by atoms with E-state index in [1.807, 2.05) is 0 Å². The first kappa shape index (κ1) is 29.6. The molecule has 67 valence electrons. The average molecular weight is 266 g/mol. The van der Waals surface area contributed by atoms with Gasteiger partial charge in [0.05, 0.1) is 13.2 Å². The van der Waals surface area contributed by atoms with E-state index in [1.165, 1.54) is 0 Å². The van der Waals surface area contributed by atoms with Gasteiger partial charge < -0.3 is 33.1 Å². The molecule has 1 radical (unpaired) electrons. The Hall–Kier alpha value is 0.0299. The van der Waals surface area contributed by atoms with Crippen LogP contribution in [0.2, 0.25) is 0 Å². The molecule has 0 aliphatic rings. The first-order valence-electron chi connectivity index (χ1n) is 2.34. The summed E-state index contributed by atoms with van der Waals surface area (Å²) in [5.74, 6) is 0. The smallest absolute Gasteiger partial charge is 0.512 e. The zero-order valence-corrected chi connectivity index (χ0v) is 11.2. The van der Waals surface area contributed by atoms with Gasteiger partial charge in [-0.2, -0.15) is 0 Å². The zero-order chi connectivity index (χ0) is 8.83. The fourth-order valence-electron chi connectivity index (χ4n) is 0.167. The van der Waals surface area contributed by atoms with Gasteiger partial charge in [-0.25, -0.2) is 0 Å². The third-order valence-electron chi connectivity index (χ3n) is 0.492. The summed E-state index contributed by atoms with van der Waals surface area (Å²) in [4.78, 5) is 0. The van der Waals surface area contributed by atoms with Crippen LogP contribution in [0.1, 0.15) is 0 Å². The number of rotatable bonds is 3. The molecule has 0 aromatic rings. The molecule has 4 nitrogen and oxygen atoms in total. The third-order valence-corrected chi connectivity index (χ3v) is 0.492. The van der Waals surface area contributed by atoms with Crippen LogP contribution in [0.5, 0.6) is 0 Å². The minimum atomic E-state index is 0. The molecular weight excluding hydrogens is 256 g/mol. The Morgan fingerprint density at radius 3 is 1.17 bits per heavy atom. The summed E-state index contributed by atoms with van der Waals surface area (Å²) in [6.07, 6.45) is 0. The summed E-state index contributed by atoms with van der Waals surface area (Å²) in [6, 6.07) is 0. The molecule has 6 heteroatoms. The molecule has 0 saturated carbocycles. The van der Waals surface area contributed by atoms with Crippen LogP contribution < -0.4 is 0 Å². The molecular formula is C6H10CoN2O2Zn. The van der Waals surface area contributed by atoms with Gasteiger partial charge in [-0.05, 0) is 0 Å². The van der Waals surface area contributed by atoms with Crippen molar-refractivity contribution in [2.75, 3.05) is 27.4 Å². The Bertz CT molecular complexity index is 70.4. The maximum absolute atomic E-state index is 6.25. The molecule has 12 heavy (non-hydrogen) atoms. The van der Waals surface area contributed by atoms with Crippen molar-refractivity contribution in [1.29, 1.82) is 10.5 Å². The summed E-state index contributed by atoms with van der Waals surface area (Å²) in [6.45, 7) is 10.9. The van der Waals surface area contributed by atoms with Crippen molar-refractivity contribution >= 4 is 0 Å². The van der Waals surface area contributed by atoms with Crippen LogP contribution in [0.15, 0.2) is 0 Å². The summed E-state index contributed by atoms with van der Waals surface area (Å²) < 4.78 is 9.31. The van der Waals surface area contributed by atoms with Gasteiger partial charge in [-0.15, -0.1) is 0 Å². The molecule has 0 aromatic carbocycles. The van der Waals surface area contributed by atoms with Crippen LogP contribution in [-0.2, 0) is 45.7 Å². The predicted octanol–water partition coefficient (Wildman–Crippen LogP) is 0.467. The molecule has 0 spiro atoms. The fourth-order valence-corrected chi connectivity index (χ4v) is 0.167. The Balaban J connectivity index is -0.0000000241. The Labute approximate surface area is 96.8 Å². The van der Waals surface area contributed by atoms with E-state index in [4.69, 9.17) is 23.7 Å². The third kappa shape index (κ3) is 89.1. The van der Waals surface area contributed by atoms with Crippen molar-refractivity contribution in [3.05, 3.63) is 13.1 Å². The second kappa shape index (κ2) is 68.3. The largest absolute Gasteiger partial charge is 2.00 e. The van der Waals surface area contributed by atoms with Crippen molar-refractivity contribution in [3.63, 3.8) is 0 Å². The molecule has 0 aliphatic carbocycles. The Morgan fingerprint density at radius 1 is 0.917 bits per heavy atom. The van der Waals surface area contributed by atoms with Gasteiger partial charge in [0.15, 0.2) is 0 Å². The van der Waals surface area contributed by atoms with Gasteiger partial charge in [0.2, 0.25) is 0 Å². The Kier molecular flexibility index (Phi) is 169. The van der Waals surface area contributed by atoms with Crippen LogP contribution in [0.3, 0.4) is 0 Å². The van der Waals surface area contributed by atoms with Crippen LogP contribution in [0.25, 0.3) is 0 Å². The van der Waals surface area contributed by atoms with E-state index in [9.17, 15) is 0 Å². The molecule has 0 saturated heterocycles. The minimum absolute atomic E-state index is 0. The number of ether oxygens (including phenoxy) is 2. The number of hydrogen-bond acceptors (Lipinski definition) is 4. The van der Waals surface area contributed by atoms with Crippen LogP contribution in [-0.4, -0.2) is 27.4 Å². The quantitative estimate of drug-likeness (QED) is 0.423. The number of methoxy groups -OCH3 is 2. The topological polar surface area (TPSA) is 66.0 Å². The van der Waals surface area contributed by atoms with Crippen molar-refractivity contribution in [2.45, 2.75) is 0 Å². The second-order valence-electron chi connectivity index (χ2n) is 0.986. The van der Waals surface area contributed by atoms with E-state index in [-0.39, 0.29) is 36.3 Å². The van der Waals surface area contributed by atoms with Crippen molar-refractivity contribution in [2.24, 2.45) is 0 Å². The molecule has 0 rings (SSSR count). The summed E-state index contributed by atoms with van der Waals surface area (Å²) in [5, 5.41) is 12.5. The molecule has 0 fully saturated rings. The van der Waals surface area contributed by atoms with Gasteiger partial charge in [0, 0.05) is 33.7 Å². The van der Waals surface area contributed by atoms with Gasteiger partial charge in [0.1, 0.15) is 0 Å². The van der Waals surface area contributed by atoms with Crippen molar-refractivity contribution in [1.82, 2.24) is 0 Å². The first-order valence-corrected chi connectivity index (χ1v) is 2.34. The van der Waals surface area contributed by atoms with Crippen molar-refractivity contribution in [3.8, 4) is 0 Å². The van der Waals surface area contributed by atoms with E-state index in [0.29, 0.717) is 13.2 Å². The first-order chi connectivity index (χ1) is 4.91. The fraction of sp³-hybridized carbons (Fsp3) is 0.667. The second-order valence-corrected chi connectivity index (χ2v) is 0.986. The SMILES string of the molecule is COCCOC.[C-]#N.[C-]#N.[Co+2].[Zn]. The molecule has 0 N–H and O–H groups in total. The summed E-state index contributed by atoms with van der Waals surface area (Å²) in [5.41, 5.74) is 0. The van der Waals surface area contributed by atoms with E-state index in [2.05, 4.69) is 9.47 Å². The molecule has 0 heterocycles. The van der Waals surface area contributed by atoms with Crippen LogP contribution in [0, 0.1) is 23.7 Å². The maximum atomic E-state index is 6.25. The maximum Gasteiger partial charge on any atom is 2.00 e. The molecule has 0 aliphatic heterocycles. The molecule has 0 aromatic heterocycles. The average Bonchev–Trinajstić information content (AvgIpc) is 2.08. The Morgan fingerprint density at radius 2 is 1.08 bits per heavy atom. The van der Waals surface area contributed by atoms with E-state index < -0.39 is 0 Å². The monoisotopic (exact) mass is 265 g/mol. The number of hydrogen-bond donors (Lipinski definition) is 0. The molecule has 0 atom stereocenters. The van der Waals surface area contributed by atoms with Gasteiger partial charge >= 0.3 is 16.8 Å². The number of nitrogens with zero attached hydrogens (tertiary/aromatic N) is 2. The van der Waals surface area contributed by atoms with Crippen LogP contribution >= 0.6 is 0 Å². The van der Waals surface area contributed by atoms with Gasteiger partial charge in [-0.1, -0.05) is 0 Å². The normalized spacial score (nSPS) is 4.83. The van der Waals surface area contributed by atoms with E-state index in [1.54, 1.807) is 14.2 Å². The molecule has 0 amide bonds. The van der Waals surface area contributed by atoms with Crippen molar-refractivity contribution < 1.29 is 45.7 Å². The standard InChI is InChI=1S/C4H10O2.2CN.Co.Zn/c1-5-3-4-6-2;2*1-2;;/h3-4H2,1-2H3;;;;/q;2*-1;+2;. The zero-order valence-electron chi connectivity index (χ0n) is 7.17. The summed E-state index contributed by atoms with van der Waals surface area (Å²) in [7, 11) is 3.30. The van der Waals surface area contributed by atoms with Gasteiger partial charge in [-0.3, -0.25) is 0 Å².